The predicted octanol–water partition coefficient (Wildman–Crippen LogP) is 1.58. The molecule has 5 heteroatoms. The monoisotopic (exact) mass is 288 g/mol. The number of morpholine rings is 1. The first-order valence-corrected chi connectivity index (χ1v) is 7.49. The van der Waals surface area contributed by atoms with Crippen molar-refractivity contribution in [2.24, 2.45) is 5.92 Å². The molecule has 2 unspecified atom stereocenters. The van der Waals surface area contributed by atoms with Crippen molar-refractivity contribution in [1.29, 1.82) is 0 Å². The standard InChI is InChI=1S/C14H24N2O2.ClH/c17-14(13-10-15-7-9-18-13)16-8-3-6-12(16)11-4-1-2-5-11;/h11-13,15H,1-10H2;1H. The minimum atomic E-state index is -0.235. The van der Waals surface area contributed by atoms with E-state index in [1.807, 2.05) is 0 Å². The van der Waals surface area contributed by atoms with Crippen LogP contribution in [0.1, 0.15) is 38.5 Å². The summed E-state index contributed by atoms with van der Waals surface area (Å²) in [6.45, 7) is 3.17. The third-order valence-electron chi connectivity index (χ3n) is 4.73. The van der Waals surface area contributed by atoms with Gasteiger partial charge in [0.1, 0.15) is 6.10 Å². The highest BCUT2D eigenvalue weighted by molar-refractivity contribution is 5.85. The molecule has 2 heterocycles. The summed E-state index contributed by atoms with van der Waals surface area (Å²) in [4.78, 5) is 14.7. The van der Waals surface area contributed by atoms with Crippen molar-refractivity contribution in [3.8, 4) is 0 Å². The molecule has 3 aliphatic rings. The van der Waals surface area contributed by atoms with Gasteiger partial charge in [-0.15, -0.1) is 12.4 Å². The molecule has 3 fully saturated rings. The summed E-state index contributed by atoms with van der Waals surface area (Å²) in [5, 5.41) is 3.25. The summed E-state index contributed by atoms with van der Waals surface area (Å²) in [6.07, 6.45) is 7.48. The molecule has 1 amide bonds. The molecule has 0 aromatic heterocycles. The van der Waals surface area contributed by atoms with E-state index in [0.29, 0.717) is 19.2 Å². The number of halogens is 1. The normalized spacial score (nSPS) is 32.3. The van der Waals surface area contributed by atoms with Crippen LogP contribution in [0.5, 0.6) is 0 Å². The Morgan fingerprint density at radius 2 is 1.95 bits per heavy atom. The van der Waals surface area contributed by atoms with Crippen LogP contribution in [0, 0.1) is 5.92 Å². The van der Waals surface area contributed by atoms with Crippen LogP contribution in [0.15, 0.2) is 0 Å². The van der Waals surface area contributed by atoms with E-state index in [2.05, 4.69) is 10.2 Å². The van der Waals surface area contributed by atoms with Crippen molar-refractivity contribution in [2.75, 3.05) is 26.2 Å². The van der Waals surface area contributed by atoms with Gasteiger partial charge in [0.2, 0.25) is 0 Å². The molecule has 1 aliphatic carbocycles. The van der Waals surface area contributed by atoms with E-state index in [0.717, 1.165) is 19.0 Å². The number of likely N-dealkylation sites (tertiary alicyclic amines) is 1. The summed E-state index contributed by atoms with van der Waals surface area (Å²) < 4.78 is 5.61. The molecule has 1 saturated carbocycles. The minimum absolute atomic E-state index is 0. The van der Waals surface area contributed by atoms with Crippen LogP contribution < -0.4 is 5.32 Å². The van der Waals surface area contributed by atoms with Crippen LogP contribution in [0.4, 0.5) is 0 Å². The molecule has 110 valence electrons. The first kappa shape index (κ1) is 15.1. The van der Waals surface area contributed by atoms with Crippen molar-refractivity contribution >= 4 is 18.3 Å². The zero-order valence-electron chi connectivity index (χ0n) is 11.5. The number of rotatable bonds is 2. The lowest BCUT2D eigenvalue weighted by molar-refractivity contribution is -0.147. The molecule has 19 heavy (non-hydrogen) atoms. The predicted molar refractivity (Wildman–Crippen MR) is 76.6 cm³/mol. The highest BCUT2D eigenvalue weighted by Gasteiger charge is 2.38. The van der Waals surface area contributed by atoms with E-state index in [9.17, 15) is 4.79 Å². The fourth-order valence-electron chi connectivity index (χ4n) is 3.81. The quantitative estimate of drug-likeness (QED) is 0.839. The van der Waals surface area contributed by atoms with Gasteiger partial charge in [0.25, 0.3) is 5.91 Å². The van der Waals surface area contributed by atoms with Crippen LogP contribution in [0.2, 0.25) is 0 Å². The first-order valence-electron chi connectivity index (χ1n) is 7.49. The Morgan fingerprint density at radius 1 is 1.16 bits per heavy atom. The molecular weight excluding hydrogens is 264 g/mol. The molecule has 0 bridgehead atoms. The van der Waals surface area contributed by atoms with E-state index < -0.39 is 0 Å². The fraction of sp³-hybridized carbons (Fsp3) is 0.929. The van der Waals surface area contributed by atoms with Crippen molar-refractivity contribution < 1.29 is 9.53 Å². The number of carbonyl (C=O) groups excluding carboxylic acids is 1. The van der Waals surface area contributed by atoms with Crippen LogP contribution in [0.25, 0.3) is 0 Å². The molecule has 0 spiro atoms. The first-order chi connectivity index (χ1) is 8.86. The van der Waals surface area contributed by atoms with Crippen LogP contribution >= 0.6 is 12.4 Å². The second-order valence-electron chi connectivity index (χ2n) is 5.85. The van der Waals surface area contributed by atoms with E-state index in [4.69, 9.17) is 4.74 Å². The maximum absolute atomic E-state index is 12.5. The smallest absolute Gasteiger partial charge is 0.253 e. The lowest BCUT2D eigenvalue weighted by atomic mass is 9.95. The van der Waals surface area contributed by atoms with Gasteiger partial charge in [-0.3, -0.25) is 4.79 Å². The second-order valence-corrected chi connectivity index (χ2v) is 5.85. The van der Waals surface area contributed by atoms with E-state index in [-0.39, 0.29) is 24.4 Å². The molecule has 3 rings (SSSR count). The summed E-state index contributed by atoms with van der Waals surface area (Å²) in [5.41, 5.74) is 0. The van der Waals surface area contributed by atoms with Crippen molar-refractivity contribution in [3.63, 3.8) is 0 Å². The minimum Gasteiger partial charge on any atom is -0.366 e. The molecule has 0 aromatic rings. The molecule has 4 nitrogen and oxygen atoms in total. The number of hydrogen-bond donors (Lipinski definition) is 1. The Hall–Kier alpha value is -0.320. The van der Waals surface area contributed by atoms with Gasteiger partial charge in [0.05, 0.1) is 6.61 Å². The second kappa shape index (κ2) is 6.91. The zero-order valence-corrected chi connectivity index (χ0v) is 12.3. The Kier molecular flexibility index (Phi) is 5.48. The average Bonchev–Trinajstić information content (AvgIpc) is 3.09. The maximum atomic E-state index is 12.5. The van der Waals surface area contributed by atoms with Gasteiger partial charge in [0, 0.05) is 25.7 Å². The third kappa shape index (κ3) is 3.23. The average molecular weight is 289 g/mol. The van der Waals surface area contributed by atoms with Gasteiger partial charge < -0.3 is 15.0 Å². The van der Waals surface area contributed by atoms with Gasteiger partial charge in [-0.1, -0.05) is 12.8 Å². The van der Waals surface area contributed by atoms with Crippen LogP contribution in [-0.4, -0.2) is 49.2 Å². The van der Waals surface area contributed by atoms with Crippen molar-refractivity contribution in [2.45, 2.75) is 50.7 Å². The maximum Gasteiger partial charge on any atom is 0.253 e. The number of nitrogens with one attached hydrogen (secondary N) is 1. The Labute approximate surface area is 121 Å². The SMILES string of the molecule is Cl.O=C(C1CNCCO1)N1CCCC1C1CCCC1. The molecule has 2 atom stereocenters. The molecular formula is C14H25ClN2O2. The Balaban J connectivity index is 0.00000133. The van der Waals surface area contributed by atoms with Crippen molar-refractivity contribution in [1.82, 2.24) is 10.2 Å². The summed E-state index contributed by atoms with van der Waals surface area (Å²) in [5.74, 6) is 0.990. The number of hydrogen-bond acceptors (Lipinski definition) is 3. The highest BCUT2D eigenvalue weighted by atomic mass is 35.5. The molecule has 2 aliphatic heterocycles. The molecule has 2 saturated heterocycles. The van der Waals surface area contributed by atoms with Gasteiger partial charge in [-0.25, -0.2) is 0 Å². The fourth-order valence-corrected chi connectivity index (χ4v) is 3.81. The van der Waals surface area contributed by atoms with Gasteiger partial charge in [-0.2, -0.15) is 0 Å². The molecule has 0 aromatic carbocycles. The Bertz CT molecular complexity index is 302. The third-order valence-corrected chi connectivity index (χ3v) is 4.73. The summed E-state index contributed by atoms with van der Waals surface area (Å²) in [6, 6.07) is 0.505. The number of ether oxygens (including phenoxy) is 1. The zero-order chi connectivity index (χ0) is 12.4. The molecule has 0 radical (unpaired) electrons. The summed E-state index contributed by atoms with van der Waals surface area (Å²) in [7, 11) is 0. The van der Waals surface area contributed by atoms with E-state index >= 15 is 0 Å². The highest BCUT2D eigenvalue weighted by Crippen LogP contribution is 2.35. The van der Waals surface area contributed by atoms with E-state index in [1.54, 1.807) is 0 Å². The lowest BCUT2D eigenvalue weighted by Gasteiger charge is -2.33. The Morgan fingerprint density at radius 3 is 2.63 bits per heavy atom. The largest absolute Gasteiger partial charge is 0.366 e. The lowest BCUT2D eigenvalue weighted by Crippen LogP contribution is -2.51. The number of nitrogens with zero attached hydrogens (tertiary/aromatic N) is 1. The van der Waals surface area contributed by atoms with E-state index in [1.165, 1.54) is 38.5 Å². The summed E-state index contributed by atoms with van der Waals surface area (Å²) >= 11 is 0. The van der Waals surface area contributed by atoms with Gasteiger partial charge in [-0.05, 0) is 31.6 Å². The van der Waals surface area contributed by atoms with Crippen LogP contribution in [0.3, 0.4) is 0 Å². The number of carbonyl (C=O) groups is 1. The molecule has 1 N–H and O–H groups in total. The van der Waals surface area contributed by atoms with Gasteiger partial charge in [0.15, 0.2) is 0 Å². The van der Waals surface area contributed by atoms with Crippen molar-refractivity contribution in [3.05, 3.63) is 0 Å². The van der Waals surface area contributed by atoms with Gasteiger partial charge >= 0.3 is 0 Å². The number of amides is 1. The topological polar surface area (TPSA) is 41.6 Å². The van der Waals surface area contributed by atoms with Crippen LogP contribution in [-0.2, 0) is 9.53 Å².